The summed E-state index contributed by atoms with van der Waals surface area (Å²) < 4.78 is 16.5. The third kappa shape index (κ3) is 4.00. The van der Waals surface area contributed by atoms with Crippen molar-refractivity contribution in [1.29, 1.82) is 0 Å². The van der Waals surface area contributed by atoms with Crippen molar-refractivity contribution < 1.29 is 19.0 Å². The van der Waals surface area contributed by atoms with Crippen LogP contribution >= 0.6 is 15.9 Å². The highest BCUT2D eigenvalue weighted by Gasteiger charge is 2.12. The summed E-state index contributed by atoms with van der Waals surface area (Å²) in [5.41, 5.74) is 1.85. The minimum Gasteiger partial charge on any atom is -0.493 e. The summed E-state index contributed by atoms with van der Waals surface area (Å²) >= 11 is 3.32. The lowest BCUT2D eigenvalue weighted by atomic mass is 10.1. The van der Waals surface area contributed by atoms with Crippen LogP contribution in [-0.4, -0.2) is 30.4 Å². The van der Waals surface area contributed by atoms with E-state index in [-0.39, 0.29) is 5.88 Å². The zero-order valence-electron chi connectivity index (χ0n) is 14.1. The second-order valence-corrected chi connectivity index (χ2v) is 6.14. The predicted molar refractivity (Wildman–Crippen MR) is 99.7 cm³/mol. The van der Waals surface area contributed by atoms with E-state index in [4.69, 9.17) is 14.2 Å². The molecule has 132 valence electrons. The molecule has 0 saturated carbocycles. The molecule has 0 aliphatic carbocycles. The SMILES string of the molecule is COc1ccc(-c2ccc(OC(=O)c3cccc(Br)c3)nn2)cc1OC. The molecule has 2 aromatic carbocycles. The Bertz CT molecular complexity index is 929. The summed E-state index contributed by atoms with van der Waals surface area (Å²) in [4.78, 5) is 12.1. The van der Waals surface area contributed by atoms with Crippen LogP contribution in [0, 0.1) is 0 Å². The summed E-state index contributed by atoms with van der Waals surface area (Å²) in [7, 11) is 3.14. The van der Waals surface area contributed by atoms with Crippen molar-refractivity contribution in [2.75, 3.05) is 14.2 Å². The number of hydrogen-bond donors (Lipinski definition) is 0. The molecule has 1 heterocycles. The minimum atomic E-state index is -0.500. The number of nitrogens with zero attached hydrogens (tertiary/aromatic N) is 2. The number of methoxy groups -OCH3 is 2. The summed E-state index contributed by atoms with van der Waals surface area (Å²) in [6.45, 7) is 0. The Morgan fingerprint density at radius 2 is 1.73 bits per heavy atom. The van der Waals surface area contributed by atoms with E-state index >= 15 is 0 Å². The second kappa shape index (κ2) is 7.97. The van der Waals surface area contributed by atoms with Crippen molar-refractivity contribution in [3.63, 3.8) is 0 Å². The summed E-state index contributed by atoms with van der Waals surface area (Å²) in [6.07, 6.45) is 0. The fraction of sp³-hybridized carbons (Fsp3) is 0.105. The first-order valence-electron chi connectivity index (χ1n) is 7.64. The van der Waals surface area contributed by atoms with Gasteiger partial charge in [-0.3, -0.25) is 0 Å². The summed E-state index contributed by atoms with van der Waals surface area (Å²) in [5, 5.41) is 8.08. The van der Waals surface area contributed by atoms with Gasteiger partial charge in [-0.2, -0.15) is 0 Å². The van der Waals surface area contributed by atoms with E-state index in [9.17, 15) is 4.79 Å². The van der Waals surface area contributed by atoms with E-state index in [0.29, 0.717) is 22.8 Å². The molecular formula is C19H15BrN2O4. The van der Waals surface area contributed by atoms with E-state index in [0.717, 1.165) is 10.0 Å². The second-order valence-electron chi connectivity index (χ2n) is 5.23. The Balaban J connectivity index is 1.77. The molecule has 1 aromatic heterocycles. The van der Waals surface area contributed by atoms with Crippen LogP contribution in [0.2, 0.25) is 0 Å². The van der Waals surface area contributed by atoms with E-state index in [2.05, 4.69) is 26.1 Å². The van der Waals surface area contributed by atoms with Gasteiger partial charge >= 0.3 is 5.97 Å². The zero-order valence-corrected chi connectivity index (χ0v) is 15.7. The zero-order chi connectivity index (χ0) is 18.5. The molecule has 6 nitrogen and oxygen atoms in total. The van der Waals surface area contributed by atoms with Crippen LogP contribution in [0.1, 0.15) is 10.4 Å². The van der Waals surface area contributed by atoms with Crippen molar-refractivity contribution in [2.24, 2.45) is 0 Å². The predicted octanol–water partition coefficient (Wildman–Crippen LogP) is 4.14. The molecule has 0 N–H and O–H groups in total. The average Bonchev–Trinajstić information content (AvgIpc) is 2.68. The molecule has 0 amide bonds. The van der Waals surface area contributed by atoms with Crippen LogP contribution in [0.15, 0.2) is 59.1 Å². The van der Waals surface area contributed by atoms with Gasteiger partial charge in [0.05, 0.1) is 25.5 Å². The van der Waals surface area contributed by atoms with Gasteiger partial charge in [0.2, 0.25) is 5.88 Å². The molecule has 0 spiro atoms. The molecule has 0 aliphatic rings. The van der Waals surface area contributed by atoms with Crippen LogP contribution in [0.3, 0.4) is 0 Å². The van der Waals surface area contributed by atoms with Gasteiger partial charge in [0, 0.05) is 16.1 Å². The quantitative estimate of drug-likeness (QED) is 0.584. The van der Waals surface area contributed by atoms with E-state index in [1.54, 1.807) is 56.7 Å². The Morgan fingerprint density at radius 3 is 2.38 bits per heavy atom. The van der Waals surface area contributed by atoms with Crippen LogP contribution in [0.5, 0.6) is 17.4 Å². The monoisotopic (exact) mass is 414 g/mol. The molecule has 0 radical (unpaired) electrons. The van der Waals surface area contributed by atoms with Gasteiger partial charge in [-0.15, -0.1) is 10.2 Å². The molecule has 7 heteroatoms. The molecule has 26 heavy (non-hydrogen) atoms. The molecule has 0 unspecified atom stereocenters. The Hall–Kier alpha value is -2.93. The van der Waals surface area contributed by atoms with Gasteiger partial charge in [-0.1, -0.05) is 22.0 Å². The van der Waals surface area contributed by atoms with Crippen molar-refractivity contribution in [3.05, 3.63) is 64.6 Å². The lowest BCUT2D eigenvalue weighted by Gasteiger charge is -2.09. The van der Waals surface area contributed by atoms with Crippen LogP contribution in [-0.2, 0) is 0 Å². The summed E-state index contributed by atoms with van der Waals surface area (Å²) in [6, 6.07) is 15.7. The molecule has 3 rings (SSSR count). The first-order valence-corrected chi connectivity index (χ1v) is 8.44. The number of rotatable bonds is 5. The van der Waals surface area contributed by atoms with Gasteiger partial charge in [-0.25, -0.2) is 4.79 Å². The fourth-order valence-electron chi connectivity index (χ4n) is 2.29. The minimum absolute atomic E-state index is 0.124. The number of benzene rings is 2. The van der Waals surface area contributed by atoms with Crippen LogP contribution in [0.4, 0.5) is 0 Å². The van der Waals surface area contributed by atoms with E-state index in [1.807, 2.05) is 12.1 Å². The van der Waals surface area contributed by atoms with E-state index < -0.39 is 5.97 Å². The van der Waals surface area contributed by atoms with Gasteiger partial charge in [0.15, 0.2) is 11.5 Å². The number of ether oxygens (including phenoxy) is 3. The molecule has 0 bridgehead atoms. The number of aromatic nitrogens is 2. The molecule has 0 aliphatic heterocycles. The molecular weight excluding hydrogens is 400 g/mol. The van der Waals surface area contributed by atoms with Gasteiger partial charge < -0.3 is 14.2 Å². The third-order valence-electron chi connectivity index (χ3n) is 3.58. The topological polar surface area (TPSA) is 70.5 Å². The number of hydrogen-bond acceptors (Lipinski definition) is 6. The maximum atomic E-state index is 12.1. The average molecular weight is 415 g/mol. The lowest BCUT2D eigenvalue weighted by molar-refractivity contribution is 0.0726. The number of carbonyl (C=O) groups excluding carboxylic acids is 1. The Morgan fingerprint density at radius 1 is 0.923 bits per heavy atom. The first-order chi connectivity index (χ1) is 12.6. The lowest BCUT2D eigenvalue weighted by Crippen LogP contribution is -2.09. The number of halogens is 1. The van der Waals surface area contributed by atoms with Gasteiger partial charge in [0.1, 0.15) is 0 Å². The first kappa shape index (κ1) is 17.9. The fourth-order valence-corrected chi connectivity index (χ4v) is 2.69. The summed E-state index contributed by atoms with van der Waals surface area (Å²) in [5.74, 6) is 0.847. The molecule has 3 aromatic rings. The van der Waals surface area contributed by atoms with Crippen LogP contribution < -0.4 is 14.2 Å². The smallest absolute Gasteiger partial charge is 0.344 e. The highest BCUT2D eigenvalue weighted by molar-refractivity contribution is 9.10. The van der Waals surface area contributed by atoms with Crippen molar-refractivity contribution in [1.82, 2.24) is 10.2 Å². The van der Waals surface area contributed by atoms with Crippen molar-refractivity contribution in [2.45, 2.75) is 0 Å². The highest BCUT2D eigenvalue weighted by Crippen LogP contribution is 2.31. The maximum absolute atomic E-state index is 12.1. The molecule has 0 atom stereocenters. The number of carbonyl (C=O) groups is 1. The van der Waals surface area contributed by atoms with Crippen LogP contribution in [0.25, 0.3) is 11.3 Å². The van der Waals surface area contributed by atoms with Crippen molar-refractivity contribution >= 4 is 21.9 Å². The molecule has 0 saturated heterocycles. The molecule has 0 fully saturated rings. The van der Waals surface area contributed by atoms with Gasteiger partial charge in [-0.05, 0) is 42.5 Å². The van der Waals surface area contributed by atoms with Crippen molar-refractivity contribution in [3.8, 4) is 28.6 Å². The van der Waals surface area contributed by atoms with Gasteiger partial charge in [0.25, 0.3) is 0 Å². The Kier molecular flexibility index (Phi) is 5.48. The highest BCUT2D eigenvalue weighted by atomic mass is 79.9. The maximum Gasteiger partial charge on any atom is 0.344 e. The normalized spacial score (nSPS) is 10.3. The Labute approximate surface area is 158 Å². The van der Waals surface area contributed by atoms with E-state index in [1.165, 1.54) is 0 Å². The number of esters is 1. The largest absolute Gasteiger partial charge is 0.493 e. The third-order valence-corrected chi connectivity index (χ3v) is 4.07. The standard InChI is InChI=1S/C19H15BrN2O4/c1-24-16-8-6-12(11-17(16)25-2)15-7-9-18(22-21-15)26-19(23)13-4-3-5-14(20)10-13/h3-11H,1-2H3.